The van der Waals surface area contributed by atoms with Crippen LogP contribution in [0.1, 0.15) is 6.92 Å². The van der Waals surface area contributed by atoms with E-state index in [0.717, 1.165) is 0 Å². The van der Waals surface area contributed by atoms with Crippen LogP contribution in [0.15, 0.2) is 12.2 Å². The third-order valence-electron chi connectivity index (χ3n) is 0.795. The number of halogens is 1. The van der Waals surface area contributed by atoms with Crippen LogP contribution >= 0.6 is 15.9 Å². The summed E-state index contributed by atoms with van der Waals surface area (Å²) in [4.78, 5) is 10.8. The van der Waals surface area contributed by atoms with E-state index in [0.29, 0.717) is 0 Å². The molecule has 0 aliphatic carbocycles. The predicted octanol–water partition coefficient (Wildman–Crippen LogP) is 1.50. The molecule has 0 heterocycles. The van der Waals surface area contributed by atoms with Gasteiger partial charge in [-0.15, -0.1) is 6.42 Å². The van der Waals surface area contributed by atoms with E-state index in [2.05, 4.69) is 26.6 Å². The van der Waals surface area contributed by atoms with Crippen molar-refractivity contribution in [1.82, 2.24) is 0 Å². The first-order valence-corrected chi connectivity index (χ1v) is 4.01. The molecule has 0 amide bonds. The van der Waals surface area contributed by atoms with Crippen molar-refractivity contribution in [1.29, 1.82) is 0 Å². The van der Waals surface area contributed by atoms with Gasteiger partial charge in [-0.25, -0.2) is 4.79 Å². The zero-order valence-electron chi connectivity index (χ0n) is 6.21. The molecule has 60 valence electrons. The van der Waals surface area contributed by atoms with Crippen molar-refractivity contribution in [2.45, 2.75) is 11.8 Å². The quantitative estimate of drug-likeness (QED) is 0.310. The Bertz CT molecular complexity index is 189. The van der Waals surface area contributed by atoms with Gasteiger partial charge in [0, 0.05) is 10.9 Å². The minimum Gasteiger partial charge on any atom is -0.449 e. The Labute approximate surface area is 74.7 Å². The second kappa shape index (κ2) is 5.99. The lowest BCUT2D eigenvalue weighted by molar-refractivity contribution is -0.136. The molecule has 1 unspecified atom stereocenters. The Balaban J connectivity index is 3.62. The number of esters is 1. The molecule has 11 heavy (non-hydrogen) atoms. The molecule has 0 saturated carbocycles. The third kappa shape index (κ3) is 7.14. The predicted molar refractivity (Wildman–Crippen MR) is 47.3 cm³/mol. The van der Waals surface area contributed by atoms with Crippen LogP contribution in [0.4, 0.5) is 0 Å². The summed E-state index contributed by atoms with van der Waals surface area (Å²) in [5.74, 6) is 1.79. The van der Waals surface area contributed by atoms with Crippen LogP contribution in [0, 0.1) is 12.3 Å². The van der Waals surface area contributed by atoms with Crippen molar-refractivity contribution in [2.24, 2.45) is 0 Å². The number of hydrogen-bond acceptors (Lipinski definition) is 2. The Morgan fingerprint density at radius 1 is 1.91 bits per heavy atom. The van der Waals surface area contributed by atoms with E-state index in [-0.39, 0.29) is 11.4 Å². The molecule has 1 atom stereocenters. The van der Waals surface area contributed by atoms with Gasteiger partial charge in [0.05, 0.1) is 0 Å². The van der Waals surface area contributed by atoms with E-state index >= 15 is 0 Å². The maximum absolute atomic E-state index is 10.7. The van der Waals surface area contributed by atoms with Gasteiger partial charge in [-0.1, -0.05) is 27.9 Å². The number of rotatable bonds is 3. The second-order valence-electron chi connectivity index (χ2n) is 1.85. The lowest BCUT2D eigenvalue weighted by atomic mass is 10.4. The zero-order valence-corrected chi connectivity index (χ0v) is 7.80. The van der Waals surface area contributed by atoms with E-state index in [1.54, 1.807) is 6.08 Å². The van der Waals surface area contributed by atoms with Crippen molar-refractivity contribution in [3.63, 3.8) is 0 Å². The maximum Gasteiger partial charge on any atom is 0.331 e. The van der Waals surface area contributed by atoms with Crippen LogP contribution in [0.5, 0.6) is 0 Å². The first kappa shape index (κ1) is 10.2. The number of alkyl halides is 1. The van der Waals surface area contributed by atoms with Crippen molar-refractivity contribution in [3.8, 4) is 12.3 Å². The highest BCUT2D eigenvalue weighted by Crippen LogP contribution is 1.98. The van der Waals surface area contributed by atoms with Crippen molar-refractivity contribution >= 4 is 21.9 Å². The third-order valence-corrected chi connectivity index (χ3v) is 1.10. The molecule has 0 aromatic carbocycles. The van der Waals surface area contributed by atoms with Gasteiger partial charge in [0.1, 0.15) is 0 Å². The Hall–Kier alpha value is -0.750. The molecule has 0 aromatic heterocycles. The topological polar surface area (TPSA) is 26.3 Å². The highest BCUT2D eigenvalue weighted by Gasteiger charge is 1.94. The molecular weight excluding hydrogens is 208 g/mol. The van der Waals surface area contributed by atoms with Crippen LogP contribution < -0.4 is 0 Å². The van der Waals surface area contributed by atoms with Crippen molar-refractivity contribution in [3.05, 3.63) is 12.2 Å². The van der Waals surface area contributed by atoms with Crippen LogP contribution in [-0.2, 0) is 9.53 Å². The summed E-state index contributed by atoms with van der Waals surface area (Å²) < 4.78 is 4.56. The molecule has 0 aliphatic rings. The van der Waals surface area contributed by atoms with E-state index in [4.69, 9.17) is 6.42 Å². The summed E-state index contributed by atoms with van der Waals surface area (Å²) in [5.41, 5.74) is 0. The fourth-order valence-corrected chi connectivity index (χ4v) is 0.525. The highest BCUT2D eigenvalue weighted by molar-refractivity contribution is 9.09. The molecule has 0 rings (SSSR count). The average Bonchev–Trinajstić information content (AvgIpc) is 1.97. The second-order valence-corrected chi connectivity index (χ2v) is 3.29. The Morgan fingerprint density at radius 2 is 2.55 bits per heavy atom. The van der Waals surface area contributed by atoms with Crippen LogP contribution in [0.3, 0.4) is 0 Å². The number of ether oxygens (including phenoxy) is 1. The lowest BCUT2D eigenvalue weighted by Crippen LogP contribution is -2.00. The minimum atomic E-state index is -0.408. The number of terminal acetylenes is 1. The van der Waals surface area contributed by atoms with E-state index in [1.807, 2.05) is 6.92 Å². The number of carbonyl (C=O) groups excluding carboxylic acids is 1. The molecule has 0 bridgehead atoms. The SMILES string of the molecule is C#CCOC(=O)/C=C/C(C)Br. The highest BCUT2D eigenvalue weighted by atomic mass is 79.9. The summed E-state index contributed by atoms with van der Waals surface area (Å²) in [5, 5.41) is 0. The standard InChI is InChI=1S/C8H9BrO2/c1-3-6-11-8(10)5-4-7(2)9/h1,4-5,7H,6H2,2H3/b5-4+. The van der Waals surface area contributed by atoms with Gasteiger partial charge in [-0.3, -0.25) is 0 Å². The van der Waals surface area contributed by atoms with Gasteiger partial charge in [-0.05, 0) is 6.92 Å². The molecule has 0 fully saturated rings. The summed E-state index contributed by atoms with van der Waals surface area (Å²) >= 11 is 3.24. The van der Waals surface area contributed by atoms with Crippen LogP contribution in [0.2, 0.25) is 0 Å². The van der Waals surface area contributed by atoms with Gasteiger partial charge < -0.3 is 4.74 Å². The average molecular weight is 217 g/mol. The van der Waals surface area contributed by atoms with E-state index < -0.39 is 5.97 Å². The van der Waals surface area contributed by atoms with Gasteiger partial charge in [0.2, 0.25) is 0 Å². The van der Waals surface area contributed by atoms with E-state index in [9.17, 15) is 4.79 Å². The summed E-state index contributed by atoms with van der Waals surface area (Å²) in [6.45, 7) is 1.92. The number of carbonyl (C=O) groups is 1. The molecule has 2 nitrogen and oxygen atoms in total. The first-order chi connectivity index (χ1) is 5.16. The molecule has 3 heteroatoms. The molecule has 0 saturated heterocycles. The molecule has 0 aromatic rings. The Kier molecular flexibility index (Phi) is 5.58. The van der Waals surface area contributed by atoms with Crippen molar-refractivity contribution < 1.29 is 9.53 Å². The summed E-state index contributed by atoms with van der Waals surface area (Å²) in [6, 6.07) is 0. The van der Waals surface area contributed by atoms with Gasteiger partial charge in [0.25, 0.3) is 0 Å². The normalized spacial score (nSPS) is 12.5. The van der Waals surface area contributed by atoms with Crippen LogP contribution in [0.25, 0.3) is 0 Å². The summed E-state index contributed by atoms with van der Waals surface area (Å²) in [6.07, 6.45) is 7.90. The smallest absolute Gasteiger partial charge is 0.331 e. The molecular formula is C8H9BrO2. The molecule has 0 aliphatic heterocycles. The van der Waals surface area contributed by atoms with E-state index in [1.165, 1.54) is 6.08 Å². The van der Waals surface area contributed by atoms with Gasteiger partial charge in [0.15, 0.2) is 6.61 Å². The first-order valence-electron chi connectivity index (χ1n) is 3.09. The monoisotopic (exact) mass is 216 g/mol. The van der Waals surface area contributed by atoms with Crippen LogP contribution in [-0.4, -0.2) is 17.4 Å². The van der Waals surface area contributed by atoms with Crippen molar-refractivity contribution in [2.75, 3.05) is 6.61 Å². The molecule has 0 radical (unpaired) electrons. The van der Waals surface area contributed by atoms with Gasteiger partial charge >= 0.3 is 5.97 Å². The number of hydrogen-bond donors (Lipinski definition) is 0. The Morgan fingerprint density at radius 3 is 3.00 bits per heavy atom. The number of allylic oxidation sites excluding steroid dienone is 1. The zero-order chi connectivity index (χ0) is 8.69. The fraction of sp³-hybridized carbons (Fsp3) is 0.375. The lowest BCUT2D eigenvalue weighted by Gasteiger charge is -1.94. The maximum atomic E-state index is 10.7. The minimum absolute atomic E-state index is 0.0276. The fourth-order valence-electron chi connectivity index (χ4n) is 0.372. The molecule has 0 spiro atoms. The molecule has 0 N–H and O–H groups in total. The largest absolute Gasteiger partial charge is 0.449 e. The summed E-state index contributed by atoms with van der Waals surface area (Å²) in [7, 11) is 0. The van der Waals surface area contributed by atoms with Gasteiger partial charge in [-0.2, -0.15) is 0 Å².